The van der Waals surface area contributed by atoms with E-state index in [0.717, 1.165) is 66.5 Å². The predicted octanol–water partition coefficient (Wildman–Crippen LogP) is 9.27. The molecule has 0 amide bonds. The van der Waals surface area contributed by atoms with E-state index in [1.54, 1.807) is 9.59 Å². The molecule has 8 aromatic rings. The van der Waals surface area contributed by atoms with Gasteiger partial charge in [-0.2, -0.15) is 0 Å². The molecule has 11 heteroatoms. The monoisotopic (exact) mass is 899 g/mol. The molecule has 0 bridgehead atoms. The molecule has 0 saturated heterocycles. The van der Waals surface area contributed by atoms with Crippen LogP contribution in [-0.4, -0.2) is 53.8 Å². The molecular weight excluding hydrogens is 857 g/mol. The molecule has 0 spiro atoms. The smallest absolute Gasteiger partial charge is 0.137 e. The Bertz CT molecular complexity index is 2300. The van der Waals surface area contributed by atoms with Crippen molar-refractivity contribution in [3.05, 3.63) is 121 Å². The fourth-order valence-electron chi connectivity index (χ4n) is 5.86. The molecule has 0 aliphatic rings. The fourth-order valence-corrected chi connectivity index (χ4v) is 5.86. The summed E-state index contributed by atoms with van der Waals surface area (Å²) in [6.07, 6.45) is 0.351. The van der Waals surface area contributed by atoms with Gasteiger partial charge in [-0.15, -0.1) is 30.0 Å². The minimum Gasteiger partial charge on any atom is -0.490 e. The largest absolute Gasteiger partial charge is 0.490 e. The van der Waals surface area contributed by atoms with Crippen LogP contribution in [0.25, 0.3) is 55.0 Å². The van der Waals surface area contributed by atoms with Crippen LogP contribution in [0.3, 0.4) is 0 Å². The standard InChI is InChI=1S/2C19H17N3O.C5H8O2.Ir/c2*1-13(2)23-19-12-11-18(14-7-3-4-8-15(14)19)22-20-16-9-5-6-10-17(16)21-22;1-4(6)3-5(2)7;/h2*3-13H,1-2H3;3H2,1-2H3;. The van der Waals surface area contributed by atoms with E-state index >= 15 is 0 Å². The number of hydrogen-bond donors (Lipinski definition) is 0. The summed E-state index contributed by atoms with van der Waals surface area (Å²) in [6.45, 7) is 10.9. The number of carbonyl (C=O) groups is 2. The van der Waals surface area contributed by atoms with Crippen LogP contribution in [0.1, 0.15) is 48.0 Å². The van der Waals surface area contributed by atoms with E-state index in [1.807, 2.05) is 125 Å². The van der Waals surface area contributed by atoms with E-state index in [4.69, 9.17) is 9.47 Å². The number of ether oxygens (including phenoxy) is 2. The van der Waals surface area contributed by atoms with Crippen LogP contribution in [-0.2, 0) is 29.7 Å². The molecule has 2 heterocycles. The predicted molar refractivity (Wildman–Crippen MR) is 210 cm³/mol. The molecule has 6 aromatic carbocycles. The zero-order chi connectivity index (χ0) is 37.5. The van der Waals surface area contributed by atoms with E-state index in [2.05, 4.69) is 44.7 Å². The van der Waals surface area contributed by atoms with Gasteiger partial charge in [-0.25, -0.2) is 0 Å². The molecule has 277 valence electrons. The molecule has 1 radical (unpaired) electrons. The molecule has 54 heavy (non-hydrogen) atoms. The molecule has 0 fully saturated rings. The van der Waals surface area contributed by atoms with Crippen molar-refractivity contribution in [3.63, 3.8) is 0 Å². The third-order valence-corrected chi connectivity index (χ3v) is 7.95. The van der Waals surface area contributed by atoms with Crippen molar-refractivity contribution < 1.29 is 39.2 Å². The Morgan fingerprint density at radius 3 is 1.06 bits per heavy atom. The summed E-state index contributed by atoms with van der Waals surface area (Å²) >= 11 is 0. The molecule has 0 aliphatic heterocycles. The number of benzene rings is 6. The molecule has 10 nitrogen and oxygen atoms in total. The van der Waals surface area contributed by atoms with Crippen LogP contribution in [0.2, 0.25) is 0 Å². The number of fused-ring (bicyclic) bond motifs is 4. The van der Waals surface area contributed by atoms with Gasteiger partial charge in [-0.1, -0.05) is 72.8 Å². The van der Waals surface area contributed by atoms with Crippen LogP contribution < -0.4 is 9.47 Å². The quantitative estimate of drug-likeness (QED) is 0.139. The topological polar surface area (TPSA) is 114 Å². The number of nitrogens with zero attached hydrogens (tertiary/aromatic N) is 6. The summed E-state index contributed by atoms with van der Waals surface area (Å²) in [5, 5.41) is 22.6. The van der Waals surface area contributed by atoms with Crippen LogP contribution in [0.15, 0.2) is 121 Å². The number of rotatable bonds is 8. The zero-order valence-corrected chi connectivity index (χ0v) is 33.5. The molecule has 0 aliphatic carbocycles. The maximum Gasteiger partial charge on any atom is 0.137 e. The molecule has 0 N–H and O–H groups in total. The van der Waals surface area contributed by atoms with Gasteiger partial charge in [0.2, 0.25) is 0 Å². The van der Waals surface area contributed by atoms with Crippen molar-refractivity contribution in [1.29, 1.82) is 0 Å². The van der Waals surface area contributed by atoms with Crippen LogP contribution in [0.4, 0.5) is 0 Å². The third-order valence-electron chi connectivity index (χ3n) is 7.95. The number of Topliss-reactive ketones (excluding diaryl/α,β-unsaturated/α-hetero) is 2. The summed E-state index contributed by atoms with van der Waals surface area (Å²) in [5.41, 5.74) is 5.46. The number of carbonyl (C=O) groups excluding carboxylic acids is 2. The Morgan fingerprint density at radius 1 is 0.481 bits per heavy atom. The second-order valence-electron chi connectivity index (χ2n) is 13.1. The second-order valence-corrected chi connectivity index (χ2v) is 13.1. The first-order valence-electron chi connectivity index (χ1n) is 17.6. The minimum absolute atomic E-state index is 0. The number of hydrogen-bond acceptors (Lipinski definition) is 8. The SMILES string of the molecule is CC(=O)CC(C)=O.CC(C)Oc1ccc(-n2nc3ccccc3n2)c2ccccc12.CC(C)Oc1ccc(-n2nc3ccccc3n2)c2ccccc12.[Ir]. The normalized spacial score (nSPS) is 10.8. The summed E-state index contributed by atoms with van der Waals surface area (Å²) < 4.78 is 11.9. The van der Waals surface area contributed by atoms with Crippen molar-refractivity contribution in [3.8, 4) is 22.9 Å². The van der Waals surface area contributed by atoms with E-state index < -0.39 is 0 Å². The van der Waals surface area contributed by atoms with Crippen molar-refractivity contribution >= 4 is 55.2 Å². The van der Waals surface area contributed by atoms with Gasteiger partial charge in [-0.05, 0) is 90.1 Å². The van der Waals surface area contributed by atoms with Crippen LogP contribution >= 0.6 is 0 Å². The van der Waals surface area contributed by atoms with Gasteiger partial charge in [0.1, 0.15) is 45.1 Å². The van der Waals surface area contributed by atoms with E-state index in [9.17, 15) is 9.59 Å². The van der Waals surface area contributed by atoms with Gasteiger partial charge in [-0.3, -0.25) is 9.59 Å². The molecular formula is C43H42IrN6O4. The average molecular weight is 899 g/mol. The minimum atomic E-state index is -0.0625. The first-order valence-corrected chi connectivity index (χ1v) is 17.6. The summed E-state index contributed by atoms with van der Waals surface area (Å²) in [4.78, 5) is 23.5. The Kier molecular flexibility index (Phi) is 13.0. The molecule has 2 aromatic heterocycles. The Labute approximate surface area is 327 Å². The summed E-state index contributed by atoms with van der Waals surface area (Å²) in [5.74, 6) is 1.65. The first kappa shape index (κ1) is 39.4. The van der Waals surface area contributed by atoms with Crippen molar-refractivity contribution in [2.75, 3.05) is 0 Å². The summed E-state index contributed by atoms with van der Waals surface area (Å²) in [7, 11) is 0. The second kappa shape index (κ2) is 17.8. The van der Waals surface area contributed by atoms with Gasteiger partial charge >= 0.3 is 0 Å². The van der Waals surface area contributed by atoms with Crippen molar-refractivity contribution in [1.82, 2.24) is 30.0 Å². The Hall–Kier alpha value is -5.77. The van der Waals surface area contributed by atoms with Gasteiger partial charge in [0.15, 0.2) is 0 Å². The Balaban J connectivity index is 0.000000174. The van der Waals surface area contributed by atoms with Crippen molar-refractivity contribution in [2.24, 2.45) is 0 Å². The molecule has 0 saturated carbocycles. The van der Waals surface area contributed by atoms with E-state index in [-0.39, 0.29) is 50.3 Å². The molecule has 0 atom stereocenters. The molecule has 0 unspecified atom stereocenters. The third kappa shape index (κ3) is 9.41. The van der Waals surface area contributed by atoms with Gasteiger partial charge in [0.25, 0.3) is 0 Å². The van der Waals surface area contributed by atoms with E-state index in [0.29, 0.717) is 0 Å². The van der Waals surface area contributed by atoms with Gasteiger partial charge in [0, 0.05) is 41.7 Å². The van der Waals surface area contributed by atoms with E-state index in [1.165, 1.54) is 13.8 Å². The zero-order valence-electron chi connectivity index (χ0n) is 31.1. The molecule has 8 rings (SSSR count). The Morgan fingerprint density at radius 2 is 0.778 bits per heavy atom. The van der Waals surface area contributed by atoms with Gasteiger partial charge < -0.3 is 9.47 Å². The maximum atomic E-state index is 10.0. The fraction of sp³-hybridized carbons (Fsp3) is 0.209. The van der Waals surface area contributed by atoms with Crippen LogP contribution in [0.5, 0.6) is 11.5 Å². The average Bonchev–Trinajstić information content (AvgIpc) is 3.76. The van der Waals surface area contributed by atoms with Crippen LogP contribution in [0, 0.1) is 0 Å². The van der Waals surface area contributed by atoms with Gasteiger partial charge in [0.05, 0.1) is 30.0 Å². The first-order chi connectivity index (χ1) is 25.6. The summed E-state index contributed by atoms with van der Waals surface area (Å²) in [6, 6.07) is 40.1. The number of ketones is 2. The number of aromatic nitrogens is 6. The maximum absolute atomic E-state index is 10.0. The van der Waals surface area contributed by atoms with Crippen molar-refractivity contribution in [2.45, 2.75) is 60.2 Å².